The molecule has 5 nitrogen and oxygen atoms in total. The van der Waals surface area contributed by atoms with Crippen LogP contribution in [-0.2, 0) is 0 Å². The second-order valence-electron chi connectivity index (χ2n) is 4.99. The van der Waals surface area contributed by atoms with Gasteiger partial charge in [0.1, 0.15) is 11.6 Å². The Morgan fingerprint density at radius 3 is 3.11 bits per heavy atom. The molecule has 2 aromatic heterocycles. The van der Waals surface area contributed by atoms with Crippen LogP contribution < -0.4 is 5.73 Å². The third kappa shape index (κ3) is 1.08. The summed E-state index contributed by atoms with van der Waals surface area (Å²) in [6.45, 7) is 1.87. The lowest BCUT2D eigenvalue weighted by Crippen LogP contribution is -2.17. The highest BCUT2D eigenvalue weighted by Gasteiger charge is 2.48. The van der Waals surface area contributed by atoms with Crippen molar-refractivity contribution in [2.24, 2.45) is 5.73 Å². The Balaban J connectivity index is 2.02. The quantitative estimate of drug-likeness (QED) is 0.815. The summed E-state index contributed by atoms with van der Waals surface area (Å²) >= 11 is 0. The van der Waals surface area contributed by atoms with Crippen molar-refractivity contribution in [3.63, 3.8) is 0 Å². The van der Waals surface area contributed by atoms with Crippen molar-refractivity contribution >= 4 is 5.91 Å². The van der Waals surface area contributed by atoms with E-state index in [0.29, 0.717) is 17.4 Å². The second kappa shape index (κ2) is 2.98. The molecule has 1 unspecified atom stereocenters. The summed E-state index contributed by atoms with van der Waals surface area (Å²) in [5, 5.41) is 0. The maximum absolute atomic E-state index is 11.5. The number of hydrogen-bond donors (Lipinski definition) is 1. The normalized spacial score (nSPS) is 22.9. The average Bonchev–Trinajstić information content (AvgIpc) is 3.00. The van der Waals surface area contributed by atoms with Crippen LogP contribution in [0.5, 0.6) is 0 Å². The van der Waals surface area contributed by atoms with Crippen LogP contribution in [0.4, 0.5) is 0 Å². The molecule has 0 bridgehead atoms. The Kier molecular flexibility index (Phi) is 1.63. The zero-order chi connectivity index (χ0) is 12.4. The SMILES string of the molecule is Cc1ncc2c(n1)-n1ccc(C(N)=O)c1[C@@H]1CC21. The first-order chi connectivity index (χ1) is 8.66. The maximum Gasteiger partial charge on any atom is 0.250 e. The fourth-order valence-corrected chi connectivity index (χ4v) is 2.98. The Morgan fingerprint density at radius 2 is 2.33 bits per heavy atom. The molecular formula is C13H12N4O. The molecule has 1 saturated carbocycles. The lowest BCUT2D eigenvalue weighted by Gasteiger charge is -2.18. The Hall–Kier alpha value is -2.17. The van der Waals surface area contributed by atoms with Crippen molar-refractivity contribution in [1.29, 1.82) is 0 Å². The van der Waals surface area contributed by atoms with E-state index in [-0.39, 0.29) is 5.91 Å². The van der Waals surface area contributed by atoms with Crippen LogP contribution in [-0.4, -0.2) is 20.4 Å². The van der Waals surface area contributed by atoms with Crippen molar-refractivity contribution in [3.05, 3.63) is 41.1 Å². The summed E-state index contributed by atoms with van der Waals surface area (Å²) in [5.74, 6) is 2.16. The van der Waals surface area contributed by atoms with E-state index in [2.05, 4.69) is 9.97 Å². The topological polar surface area (TPSA) is 73.8 Å². The minimum atomic E-state index is -0.358. The highest BCUT2D eigenvalue weighted by atomic mass is 16.1. The zero-order valence-electron chi connectivity index (χ0n) is 9.92. The molecule has 3 heterocycles. The molecule has 4 rings (SSSR count). The molecule has 5 heteroatoms. The number of rotatable bonds is 1. The first-order valence-electron chi connectivity index (χ1n) is 6.02. The summed E-state index contributed by atoms with van der Waals surface area (Å²) in [6.07, 6.45) is 4.86. The summed E-state index contributed by atoms with van der Waals surface area (Å²) < 4.78 is 2.00. The molecule has 2 N–H and O–H groups in total. The number of amides is 1. The second-order valence-corrected chi connectivity index (χ2v) is 4.99. The van der Waals surface area contributed by atoms with E-state index in [4.69, 9.17) is 5.73 Å². The largest absolute Gasteiger partial charge is 0.366 e. The van der Waals surface area contributed by atoms with Gasteiger partial charge in [0, 0.05) is 29.6 Å². The van der Waals surface area contributed by atoms with Gasteiger partial charge in [-0.15, -0.1) is 0 Å². The molecule has 0 aromatic carbocycles. The van der Waals surface area contributed by atoms with Crippen LogP contribution >= 0.6 is 0 Å². The molecule has 1 fully saturated rings. The van der Waals surface area contributed by atoms with E-state index in [0.717, 1.165) is 23.8 Å². The minimum absolute atomic E-state index is 0.358. The Morgan fingerprint density at radius 1 is 1.50 bits per heavy atom. The smallest absolute Gasteiger partial charge is 0.250 e. The van der Waals surface area contributed by atoms with Gasteiger partial charge in [0.2, 0.25) is 0 Å². The van der Waals surface area contributed by atoms with Crippen molar-refractivity contribution in [2.45, 2.75) is 25.2 Å². The minimum Gasteiger partial charge on any atom is -0.366 e. The number of fused-ring (bicyclic) bond motifs is 6. The molecule has 0 spiro atoms. The predicted octanol–water partition coefficient (Wildman–Crippen LogP) is 1.26. The van der Waals surface area contributed by atoms with Crippen molar-refractivity contribution in [2.75, 3.05) is 0 Å². The van der Waals surface area contributed by atoms with Crippen LogP contribution in [0.3, 0.4) is 0 Å². The fraction of sp³-hybridized carbons (Fsp3) is 0.308. The number of hydrogen-bond acceptors (Lipinski definition) is 3. The average molecular weight is 240 g/mol. The summed E-state index contributed by atoms with van der Waals surface area (Å²) in [5.41, 5.74) is 8.27. The van der Waals surface area contributed by atoms with Crippen LogP contribution in [0.25, 0.3) is 5.82 Å². The van der Waals surface area contributed by atoms with E-state index in [1.165, 1.54) is 5.56 Å². The number of nitrogens with zero attached hydrogens (tertiary/aromatic N) is 3. The van der Waals surface area contributed by atoms with Gasteiger partial charge in [-0.3, -0.25) is 4.79 Å². The number of nitrogens with two attached hydrogens (primary N) is 1. The monoisotopic (exact) mass is 240 g/mol. The molecule has 2 aliphatic rings. The first-order valence-corrected chi connectivity index (χ1v) is 6.02. The van der Waals surface area contributed by atoms with E-state index < -0.39 is 0 Å². The van der Waals surface area contributed by atoms with Crippen LogP contribution in [0.15, 0.2) is 18.5 Å². The number of carbonyl (C=O) groups is 1. The van der Waals surface area contributed by atoms with Gasteiger partial charge in [0.05, 0.1) is 5.56 Å². The van der Waals surface area contributed by atoms with Crippen LogP contribution in [0, 0.1) is 6.92 Å². The Labute approximate surface area is 104 Å². The summed E-state index contributed by atoms with van der Waals surface area (Å²) in [7, 11) is 0. The molecule has 18 heavy (non-hydrogen) atoms. The van der Waals surface area contributed by atoms with Gasteiger partial charge in [-0.2, -0.15) is 0 Å². The maximum atomic E-state index is 11.5. The lowest BCUT2D eigenvalue weighted by molar-refractivity contribution is 0.0999. The molecule has 0 radical (unpaired) electrons. The van der Waals surface area contributed by atoms with Gasteiger partial charge in [-0.25, -0.2) is 9.97 Å². The van der Waals surface area contributed by atoms with Crippen LogP contribution in [0.1, 0.15) is 45.7 Å². The van der Waals surface area contributed by atoms with Crippen LogP contribution in [0.2, 0.25) is 0 Å². The molecule has 0 saturated heterocycles. The van der Waals surface area contributed by atoms with E-state index in [9.17, 15) is 4.79 Å². The fourth-order valence-electron chi connectivity index (χ4n) is 2.98. The van der Waals surface area contributed by atoms with Gasteiger partial charge in [-0.1, -0.05) is 0 Å². The van der Waals surface area contributed by atoms with Gasteiger partial charge >= 0.3 is 0 Å². The van der Waals surface area contributed by atoms with Gasteiger partial charge in [0.15, 0.2) is 0 Å². The van der Waals surface area contributed by atoms with Crippen molar-refractivity contribution in [3.8, 4) is 5.82 Å². The summed E-state index contributed by atoms with van der Waals surface area (Å²) in [6, 6.07) is 1.79. The molecule has 2 aromatic rings. The number of primary amides is 1. The number of aryl methyl sites for hydroxylation is 1. The highest BCUT2D eigenvalue weighted by molar-refractivity contribution is 5.95. The zero-order valence-corrected chi connectivity index (χ0v) is 9.92. The molecule has 2 atom stereocenters. The summed E-state index contributed by atoms with van der Waals surface area (Å²) in [4.78, 5) is 20.2. The van der Waals surface area contributed by atoms with Crippen molar-refractivity contribution in [1.82, 2.24) is 14.5 Å². The molecule has 1 aliphatic heterocycles. The molecular weight excluding hydrogens is 228 g/mol. The van der Waals surface area contributed by atoms with Crippen molar-refractivity contribution < 1.29 is 4.79 Å². The lowest BCUT2D eigenvalue weighted by atomic mass is 10.0. The molecule has 1 amide bonds. The number of aromatic nitrogens is 3. The predicted molar refractivity (Wildman–Crippen MR) is 64.7 cm³/mol. The van der Waals surface area contributed by atoms with E-state index >= 15 is 0 Å². The van der Waals surface area contributed by atoms with Gasteiger partial charge in [-0.05, 0) is 25.3 Å². The highest BCUT2D eigenvalue weighted by Crippen LogP contribution is 2.59. The van der Waals surface area contributed by atoms with Gasteiger partial charge < -0.3 is 10.3 Å². The van der Waals surface area contributed by atoms with E-state index in [1.807, 2.05) is 23.9 Å². The molecule has 90 valence electrons. The third-order valence-electron chi connectivity index (χ3n) is 3.88. The Bertz CT molecular complexity index is 688. The standard InChI is InChI=1S/C13H12N4O/c1-6-15-5-10-8-4-9(8)11-7(12(14)18)2-3-17(11)13(10)16-6/h2-3,5,8-9H,4H2,1H3,(H2,14,18)/t8?,9-/m1/s1. The molecule has 1 aliphatic carbocycles. The van der Waals surface area contributed by atoms with Gasteiger partial charge in [0.25, 0.3) is 5.91 Å². The third-order valence-corrected chi connectivity index (χ3v) is 3.88. The number of carbonyl (C=O) groups excluding carboxylic acids is 1. The first kappa shape index (κ1) is 9.82. The van der Waals surface area contributed by atoms with E-state index in [1.54, 1.807) is 6.07 Å².